The number of hydrogen-bond acceptors (Lipinski definition) is 3. The molecular formula is C17H27N3O. The smallest absolute Gasteiger partial charge is 0.253 e. The van der Waals surface area contributed by atoms with Crippen LogP contribution in [0, 0.1) is 0 Å². The third-order valence-electron chi connectivity index (χ3n) is 4.41. The zero-order chi connectivity index (χ0) is 15.2. The van der Waals surface area contributed by atoms with Gasteiger partial charge in [-0.25, -0.2) is 0 Å². The normalized spacial score (nSPS) is 15.2. The first kappa shape index (κ1) is 15.8. The van der Waals surface area contributed by atoms with Gasteiger partial charge in [0.05, 0.1) is 11.3 Å². The number of likely N-dealkylation sites (N-methyl/N-ethyl adjacent to an activating group) is 1. The maximum Gasteiger partial charge on any atom is 0.253 e. The van der Waals surface area contributed by atoms with Gasteiger partial charge in [0.25, 0.3) is 5.91 Å². The van der Waals surface area contributed by atoms with Gasteiger partial charge >= 0.3 is 0 Å². The van der Waals surface area contributed by atoms with Crippen molar-refractivity contribution >= 4 is 11.6 Å². The molecule has 21 heavy (non-hydrogen) atoms. The number of benzene rings is 1. The average molecular weight is 289 g/mol. The number of carbonyl (C=O) groups is 1. The maximum atomic E-state index is 12.4. The predicted octanol–water partition coefficient (Wildman–Crippen LogP) is 2.50. The molecule has 1 atom stereocenters. The van der Waals surface area contributed by atoms with Gasteiger partial charge in [-0.1, -0.05) is 19.1 Å². The highest BCUT2D eigenvalue weighted by Crippen LogP contribution is 2.25. The number of hydrogen-bond donors (Lipinski definition) is 2. The largest absolute Gasteiger partial charge is 0.384 e. The van der Waals surface area contributed by atoms with Crippen molar-refractivity contribution in [3.8, 4) is 0 Å². The minimum atomic E-state index is 0.0267. The van der Waals surface area contributed by atoms with E-state index in [9.17, 15) is 4.79 Å². The summed E-state index contributed by atoms with van der Waals surface area (Å²) < 4.78 is 0. The lowest BCUT2D eigenvalue weighted by Gasteiger charge is -2.24. The van der Waals surface area contributed by atoms with Crippen LogP contribution in [-0.2, 0) is 6.42 Å². The van der Waals surface area contributed by atoms with Crippen LogP contribution >= 0.6 is 0 Å². The topological polar surface area (TPSA) is 44.4 Å². The van der Waals surface area contributed by atoms with Crippen LogP contribution in [0.5, 0.6) is 0 Å². The van der Waals surface area contributed by atoms with E-state index in [-0.39, 0.29) is 5.91 Å². The van der Waals surface area contributed by atoms with E-state index in [1.54, 1.807) is 0 Å². The van der Waals surface area contributed by atoms with E-state index in [0.29, 0.717) is 12.6 Å². The summed E-state index contributed by atoms with van der Waals surface area (Å²) in [5.74, 6) is 0.0267. The molecular weight excluding hydrogens is 262 g/mol. The first-order chi connectivity index (χ1) is 10.1. The number of fused-ring (bicyclic) bond motifs is 1. The summed E-state index contributed by atoms with van der Waals surface area (Å²) in [6.07, 6.45) is 3.32. The molecule has 0 bridgehead atoms. The fourth-order valence-electron chi connectivity index (χ4n) is 2.67. The average Bonchev–Trinajstić information content (AvgIpc) is 2.53. The Bertz CT molecular complexity index is 487. The monoisotopic (exact) mass is 289 g/mol. The summed E-state index contributed by atoms with van der Waals surface area (Å²) in [7, 11) is 2.10. The second-order valence-corrected chi connectivity index (χ2v) is 5.86. The Labute approximate surface area is 127 Å². The van der Waals surface area contributed by atoms with Crippen molar-refractivity contribution in [1.29, 1.82) is 0 Å². The van der Waals surface area contributed by atoms with Gasteiger partial charge in [0.1, 0.15) is 0 Å². The van der Waals surface area contributed by atoms with Crippen molar-refractivity contribution in [2.75, 3.05) is 32.0 Å². The second kappa shape index (κ2) is 7.46. The number of amides is 1. The summed E-state index contributed by atoms with van der Waals surface area (Å²) in [5.41, 5.74) is 3.06. The lowest BCUT2D eigenvalue weighted by Crippen LogP contribution is -2.37. The molecule has 1 aliphatic rings. The Balaban J connectivity index is 1.92. The summed E-state index contributed by atoms with van der Waals surface area (Å²) in [6, 6.07) is 6.54. The van der Waals surface area contributed by atoms with Gasteiger partial charge in [-0.15, -0.1) is 0 Å². The number of nitrogens with one attached hydrogen (secondary N) is 2. The molecule has 0 radical (unpaired) electrons. The van der Waals surface area contributed by atoms with Gasteiger partial charge in [0.2, 0.25) is 0 Å². The number of nitrogens with zero attached hydrogens (tertiary/aromatic N) is 1. The Morgan fingerprint density at radius 1 is 1.48 bits per heavy atom. The molecule has 1 aliphatic heterocycles. The fourth-order valence-corrected chi connectivity index (χ4v) is 2.67. The van der Waals surface area contributed by atoms with Crippen molar-refractivity contribution in [2.24, 2.45) is 0 Å². The van der Waals surface area contributed by atoms with Gasteiger partial charge < -0.3 is 15.5 Å². The van der Waals surface area contributed by atoms with Gasteiger partial charge in [-0.05, 0) is 44.9 Å². The highest BCUT2D eigenvalue weighted by Gasteiger charge is 2.17. The summed E-state index contributed by atoms with van der Waals surface area (Å²) in [6.45, 7) is 6.90. The molecule has 2 N–H and O–H groups in total. The standard InChI is InChI=1S/C17H27N3O/c1-4-13(2)20(3)12-11-19-17(21)15-9-5-7-14-8-6-10-18-16(14)15/h5,7,9,13,18H,4,6,8,10-12H2,1-3H3,(H,19,21). The first-order valence-electron chi connectivity index (χ1n) is 7.97. The molecule has 4 heteroatoms. The third-order valence-corrected chi connectivity index (χ3v) is 4.41. The van der Waals surface area contributed by atoms with Gasteiger partial charge in [-0.3, -0.25) is 4.79 Å². The van der Waals surface area contributed by atoms with E-state index in [0.717, 1.165) is 43.6 Å². The van der Waals surface area contributed by atoms with Crippen LogP contribution < -0.4 is 10.6 Å². The van der Waals surface area contributed by atoms with E-state index < -0.39 is 0 Å². The molecule has 1 unspecified atom stereocenters. The molecule has 1 heterocycles. The highest BCUT2D eigenvalue weighted by molar-refractivity contribution is 6.00. The van der Waals surface area contributed by atoms with E-state index >= 15 is 0 Å². The highest BCUT2D eigenvalue weighted by atomic mass is 16.1. The van der Waals surface area contributed by atoms with Gasteiger partial charge in [-0.2, -0.15) is 0 Å². The SMILES string of the molecule is CCC(C)N(C)CCNC(=O)c1cccc2c1NCCC2. The maximum absolute atomic E-state index is 12.4. The van der Waals surface area contributed by atoms with Crippen LogP contribution in [0.3, 0.4) is 0 Å². The molecule has 116 valence electrons. The lowest BCUT2D eigenvalue weighted by molar-refractivity contribution is 0.0948. The van der Waals surface area contributed by atoms with E-state index in [4.69, 9.17) is 0 Å². The molecule has 0 fully saturated rings. The number of para-hydroxylation sites is 1. The van der Waals surface area contributed by atoms with Crippen molar-refractivity contribution < 1.29 is 4.79 Å². The van der Waals surface area contributed by atoms with Crippen molar-refractivity contribution in [2.45, 2.75) is 39.2 Å². The molecule has 0 saturated heterocycles. The zero-order valence-corrected chi connectivity index (χ0v) is 13.4. The number of carbonyl (C=O) groups excluding carboxylic acids is 1. The lowest BCUT2D eigenvalue weighted by atomic mass is 9.99. The van der Waals surface area contributed by atoms with Crippen LogP contribution in [-0.4, -0.2) is 43.5 Å². The zero-order valence-electron chi connectivity index (χ0n) is 13.4. The molecule has 1 amide bonds. The minimum absolute atomic E-state index is 0.0267. The molecule has 1 aromatic carbocycles. The summed E-state index contributed by atoms with van der Waals surface area (Å²) >= 11 is 0. The van der Waals surface area contributed by atoms with Crippen molar-refractivity contribution in [3.63, 3.8) is 0 Å². The molecule has 2 rings (SSSR count). The van der Waals surface area contributed by atoms with E-state index in [1.165, 1.54) is 5.56 Å². The Morgan fingerprint density at radius 2 is 2.29 bits per heavy atom. The molecule has 1 aromatic rings. The van der Waals surface area contributed by atoms with Gasteiger partial charge in [0, 0.05) is 25.7 Å². The summed E-state index contributed by atoms with van der Waals surface area (Å²) in [4.78, 5) is 14.6. The molecule has 0 saturated carbocycles. The molecule has 0 aromatic heterocycles. The van der Waals surface area contributed by atoms with Crippen molar-refractivity contribution in [1.82, 2.24) is 10.2 Å². The molecule has 4 nitrogen and oxygen atoms in total. The van der Waals surface area contributed by atoms with Crippen LogP contribution in [0.1, 0.15) is 42.6 Å². The van der Waals surface area contributed by atoms with Crippen molar-refractivity contribution in [3.05, 3.63) is 29.3 Å². The first-order valence-corrected chi connectivity index (χ1v) is 7.97. The summed E-state index contributed by atoms with van der Waals surface area (Å²) in [5, 5.41) is 6.41. The fraction of sp³-hybridized carbons (Fsp3) is 0.588. The number of anilines is 1. The quantitative estimate of drug-likeness (QED) is 0.846. The Kier molecular flexibility index (Phi) is 5.62. The van der Waals surface area contributed by atoms with Crippen LogP contribution in [0.25, 0.3) is 0 Å². The van der Waals surface area contributed by atoms with Crippen LogP contribution in [0.15, 0.2) is 18.2 Å². The van der Waals surface area contributed by atoms with Crippen LogP contribution in [0.4, 0.5) is 5.69 Å². The molecule has 0 aliphatic carbocycles. The second-order valence-electron chi connectivity index (χ2n) is 5.86. The van der Waals surface area contributed by atoms with E-state index in [2.05, 4.69) is 42.5 Å². The van der Waals surface area contributed by atoms with Gasteiger partial charge in [0.15, 0.2) is 0 Å². The van der Waals surface area contributed by atoms with Crippen LogP contribution in [0.2, 0.25) is 0 Å². The third kappa shape index (κ3) is 3.97. The minimum Gasteiger partial charge on any atom is -0.384 e. The predicted molar refractivity (Wildman–Crippen MR) is 88.0 cm³/mol. The number of rotatable bonds is 6. The Hall–Kier alpha value is -1.55. The van der Waals surface area contributed by atoms with E-state index in [1.807, 2.05) is 12.1 Å². The Morgan fingerprint density at radius 3 is 3.05 bits per heavy atom. The molecule has 0 spiro atoms. The number of aryl methyl sites for hydroxylation is 1.